The topological polar surface area (TPSA) is 29.3 Å². The zero-order chi connectivity index (χ0) is 13.0. The SMILES string of the molecule is CCc1ccc(CCN2CCC(C)(CN)C2)cc1. The molecule has 1 aromatic rings. The lowest BCUT2D eigenvalue weighted by molar-refractivity contribution is 0.283. The molecule has 2 N–H and O–H groups in total. The highest BCUT2D eigenvalue weighted by atomic mass is 15.2. The lowest BCUT2D eigenvalue weighted by Gasteiger charge is -2.22. The van der Waals surface area contributed by atoms with Crippen LogP contribution in [0, 0.1) is 5.41 Å². The van der Waals surface area contributed by atoms with Gasteiger partial charge in [0.2, 0.25) is 0 Å². The lowest BCUT2D eigenvalue weighted by Crippen LogP contribution is -2.32. The number of hydrogen-bond donors (Lipinski definition) is 1. The van der Waals surface area contributed by atoms with Crippen molar-refractivity contribution in [1.29, 1.82) is 0 Å². The second-order valence-electron chi connectivity index (χ2n) is 5.96. The molecule has 1 unspecified atom stereocenters. The van der Waals surface area contributed by atoms with Crippen LogP contribution in [-0.4, -0.2) is 31.1 Å². The molecule has 0 aromatic heterocycles. The van der Waals surface area contributed by atoms with E-state index in [9.17, 15) is 0 Å². The minimum atomic E-state index is 0.353. The second-order valence-corrected chi connectivity index (χ2v) is 5.96. The molecule has 0 bridgehead atoms. The molecule has 1 aromatic carbocycles. The van der Waals surface area contributed by atoms with Crippen LogP contribution in [0.3, 0.4) is 0 Å². The molecule has 2 heteroatoms. The Kier molecular flexibility index (Phi) is 4.41. The van der Waals surface area contributed by atoms with E-state index in [1.54, 1.807) is 0 Å². The van der Waals surface area contributed by atoms with E-state index in [1.807, 2.05) is 0 Å². The van der Waals surface area contributed by atoms with Gasteiger partial charge >= 0.3 is 0 Å². The van der Waals surface area contributed by atoms with Crippen LogP contribution in [-0.2, 0) is 12.8 Å². The summed E-state index contributed by atoms with van der Waals surface area (Å²) in [6.45, 7) is 8.86. The second kappa shape index (κ2) is 5.85. The van der Waals surface area contributed by atoms with Gasteiger partial charge < -0.3 is 10.6 Å². The fourth-order valence-electron chi connectivity index (χ4n) is 2.71. The summed E-state index contributed by atoms with van der Waals surface area (Å²) >= 11 is 0. The maximum Gasteiger partial charge on any atom is 0.00480 e. The van der Waals surface area contributed by atoms with Crippen LogP contribution in [0.2, 0.25) is 0 Å². The zero-order valence-corrected chi connectivity index (χ0v) is 11.8. The smallest absolute Gasteiger partial charge is 0.00480 e. The van der Waals surface area contributed by atoms with Crippen molar-refractivity contribution in [3.8, 4) is 0 Å². The van der Waals surface area contributed by atoms with Crippen LogP contribution >= 0.6 is 0 Å². The van der Waals surface area contributed by atoms with Crippen LogP contribution in [0.1, 0.15) is 31.4 Å². The average molecular weight is 246 g/mol. The van der Waals surface area contributed by atoms with Crippen molar-refractivity contribution >= 4 is 0 Å². The third-order valence-corrected chi connectivity index (χ3v) is 4.28. The molecular formula is C16H26N2. The van der Waals surface area contributed by atoms with E-state index in [0.717, 1.165) is 25.9 Å². The summed E-state index contributed by atoms with van der Waals surface area (Å²) in [5, 5.41) is 0. The molecule has 2 rings (SSSR count). The first-order valence-corrected chi connectivity index (χ1v) is 7.15. The summed E-state index contributed by atoms with van der Waals surface area (Å²) in [5.41, 5.74) is 9.07. The maximum atomic E-state index is 5.84. The monoisotopic (exact) mass is 246 g/mol. The maximum absolute atomic E-state index is 5.84. The van der Waals surface area contributed by atoms with E-state index in [2.05, 4.69) is 43.0 Å². The van der Waals surface area contributed by atoms with Crippen LogP contribution in [0.25, 0.3) is 0 Å². The number of nitrogens with zero attached hydrogens (tertiary/aromatic N) is 1. The average Bonchev–Trinajstić information content (AvgIpc) is 2.80. The highest BCUT2D eigenvalue weighted by Crippen LogP contribution is 2.28. The molecule has 100 valence electrons. The molecule has 1 atom stereocenters. The molecule has 0 spiro atoms. The van der Waals surface area contributed by atoms with Crippen LogP contribution < -0.4 is 5.73 Å². The van der Waals surface area contributed by atoms with Crippen molar-refractivity contribution in [2.75, 3.05) is 26.2 Å². The molecule has 18 heavy (non-hydrogen) atoms. The third kappa shape index (κ3) is 3.33. The molecule has 1 heterocycles. The van der Waals surface area contributed by atoms with Gasteiger partial charge in [-0.05, 0) is 48.9 Å². The zero-order valence-electron chi connectivity index (χ0n) is 11.8. The molecule has 0 aliphatic carbocycles. The van der Waals surface area contributed by atoms with E-state index in [-0.39, 0.29) is 0 Å². The molecule has 1 aliphatic heterocycles. The van der Waals surface area contributed by atoms with E-state index in [4.69, 9.17) is 5.73 Å². The van der Waals surface area contributed by atoms with Gasteiger partial charge in [0.25, 0.3) is 0 Å². The van der Waals surface area contributed by atoms with Crippen LogP contribution in [0.4, 0.5) is 0 Å². The predicted octanol–water partition coefficient (Wildman–Crippen LogP) is 2.46. The van der Waals surface area contributed by atoms with Gasteiger partial charge in [-0.15, -0.1) is 0 Å². The number of rotatable bonds is 5. The number of likely N-dealkylation sites (tertiary alicyclic amines) is 1. The molecular weight excluding hydrogens is 220 g/mol. The van der Waals surface area contributed by atoms with Crippen molar-refractivity contribution in [1.82, 2.24) is 4.90 Å². The fourth-order valence-corrected chi connectivity index (χ4v) is 2.71. The molecule has 1 aliphatic rings. The Morgan fingerprint density at radius 1 is 1.22 bits per heavy atom. The molecule has 0 saturated carbocycles. The Morgan fingerprint density at radius 2 is 1.89 bits per heavy atom. The van der Waals surface area contributed by atoms with Gasteiger partial charge in [0, 0.05) is 13.1 Å². The Morgan fingerprint density at radius 3 is 2.44 bits per heavy atom. The summed E-state index contributed by atoms with van der Waals surface area (Å²) in [5.74, 6) is 0. The van der Waals surface area contributed by atoms with Crippen molar-refractivity contribution < 1.29 is 0 Å². The first-order valence-electron chi connectivity index (χ1n) is 7.15. The molecule has 0 amide bonds. The van der Waals surface area contributed by atoms with Gasteiger partial charge in [-0.1, -0.05) is 38.1 Å². The lowest BCUT2D eigenvalue weighted by atomic mass is 9.90. The molecule has 1 fully saturated rings. The Labute approximate surface area is 111 Å². The van der Waals surface area contributed by atoms with Crippen molar-refractivity contribution in [3.05, 3.63) is 35.4 Å². The fraction of sp³-hybridized carbons (Fsp3) is 0.625. The Balaban J connectivity index is 1.81. The summed E-state index contributed by atoms with van der Waals surface area (Å²) < 4.78 is 0. The Bertz CT molecular complexity index is 371. The van der Waals surface area contributed by atoms with Crippen molar-refractivity contribution in [2.24, 2.45) is 11.1 Å². The quantitative estimate of drug-likeness (QED) is 0.865. The van der Waals surface area contributed by atoms with Gasteiger partial charge in [0.1, 0.15) is 0 Å². The summed E-state index contributed by atoms with van der Waals surface area (Å²) in [6, 6.07) is 9.06. The minimum Gasteiger partial charge on any atom is -0.330 e. The van der Waals surface area contributed by atoms with Gasteiger partial charge in [0.05, 0.1) is 0 Å². The number of nitrogens with two attached hydrogens (primary N) is 1. The molecule has 1 saturated heterocycles. The number of hydrogen-bond acceptors (Lipinski definition) is 2. The van der Waals surface area contributed by atoms with Gasteiger partial charge in [-0.3, -0.25) is 0 Å². The number of benzene rings is 1. The Hall–Kier alpha value is -0.860. The van der Waals surface area contributed by atoms with Crippen LogP contribution in [0.5, 0.6) is 0 Å². The van der Waals surface area contributed by atoms with Gasteiger partial charge in [0.15, 0.2) is 0 Å². The summed E-state index contributed by atoms with van der Waals surface area (Å²) in [7, 11) is 0. The summed E-state index contributed by atoms with van der Waals surface area (Å²) in [4.78, 5) is 2.56. The van der Waals surface area contributed by atoms with Crippen LogP contribution in [0.15, 0.2) is 24.3 Å². The van der Waals surface area contributed by atoms with Crippen molar-refractivity contribution in [2.45, 2.75) is 33.1 Å². The summed E-state index contributed by atoms with van der Waals surface area (Å²) in [6.07, 6.45) is 3.53. The molecule has 0 radical (unpaired) electrons. The highest BCUT2D eigenvalue weighted by molar-refractivity contribution is 5.22. The normalized spacial score (nSPS) is 24.6. The minimum absolute atomic E-state index is 0.353. The van der Waals surface area contributed by atoms with Crippen molar-refractivity contribution in [3.63, 3.8) is 0 Å². The van der Waals surface area contributed by atoms with Gasteiger partial charge in [-0.2, -0.15) is 0 Å². The van der Waals surface area contributed by atoms with E-state index in [1.165, 1.54) is 30.6 Å². The highest BCUT2D eigenvalue weighted by Gasteiger charge is 2.31. The van der Waals surface area contributed by atoms with E-state index < -0.39 is 0 Å². The van der Waals surface area contributed by atoms with E-state index >= 15 is 0 Å². The standard InChI is InChI=1S/C16H26N2/c1-3-14-4-6-15(7-5-14)8-10-18-11-9-16(2,12-17)13-18/h4-7H,3,8-13,17H2,1-2H3. The third-order valence-electron chi connectivity index (χ3n) is 4.28. The molecule has 2 nitrogen and oxygen atoms in total. The number of aryl methyl sites for hydroxylation is 1. The first kappa shape index (κ1) is 13.6. The first-order chi connectivity index (χ1) is 8.65. The van der Waals surface area contributed by atoms with Gasteiger partial charge in [-0.25, -0.2) is 0 Å². The largest absolute Gasteiger partial charge is 0.330 e. The predicted molar refractivity (Wildman–Crippen MR) is 77.7 cm³/mol. The van der Waals surface area contributed by atoms with E-state index in [0.29, 0.717) is 5.41 Å².